The lowest BCUT2D eigenvalue weighted by molar-refractivity contribution is 0.318. The van der Waals surface area contributed by atoms with Crippen LogP contribution in [0, 0.1) is 13.8 Å². The van der Waals surface area contributed by atoms with Crippen LogP contribution >= 0.6 is 11.8 Å². The quantitative estimate of drug-likeness (QED) is 0.388. The van der Waals surface area contributed by atoms with Crippen LogP contribution in [-0.2, 0) is 0 Å². The van der Waals surface area contributed by atoms with Gasteiger partial charge in [-0.15, -0.1) is 0 Å². The van der Waals surface area contributed by atoms with Gasteiger partial charge in [0.15, 0.2) is 5.84 Å². The van der Waals surface area contributed by atoms with Crippen LogP contribution in [0.1, 0.15) is 16.8 Å². The summed E-state index contributed by atoms with van der Waals surface area (Å²) < 4.78 is 0. The molecule has 98 valence electrons. The summed E-state index contributed by atoms with van der Waals surface area (Å²) in [6.07, 6.45) is 1.72. The van der Waals surface area contributed by atoms with Crippen LogP contribution < -0.4 is 5.73 Å². The van der Waals surface area contributed by atoms with Gasteiger partial charge in [-0.1, -0.05) is 11.2 Å². The molecule has 2 aromatic rings. The molecule has 0 unspecified atom stereocenters. The smallest absolute Gasteiger partial charge is 0.173 e. The average molecular weight is 274 g/mol. The molecule has 0 fully saturated rings. The van der Waals surface area contributed by atoms with Gasteiger partial charge in [-0.2, -0.15) is 0 Å². The van der Waals surface area contributed by atoms with Crippen LogP contribution in [0.5, 0.6) is 0 Å². The maximum atomic E-state index is 8.88. The largest absolute Gasteiger partial charge is 0.409 e. The van der Waals surface area contributed by atoms with Crippen molar-refractivity contribution < 1.29 is 5.21 Å². The van der Waals surface area contributed by atoms with Gasteiger partial charge in [-0.3, -0.25) is 0 Å². The van der Waals surface area contributed by atoms with Gasteiger partial charge < -0.3 is 10.9 Å². The van der Waals surface area contributed by atoms with Crippen molar-refractivity contribution in [1.82, 2.24) is 9.97 Å². The minimum atomic E-state index is 0.0587. The minimum Gasteiger partial charge on any atom is -0.409 e. The molecule has 0 aliphatic carbocycles. The second kappa shape index (κ2) is 5.71. The van der Waals surface area contributed by atoms with E-state index in [1.54, 1.807) is 6.20 Å². The van der Waals surface area contributed by atoms with Crippen LogP contribution in [0.3, 0.4) is 0 Å². The molecule has 2 heterocycles. The summed E-state index contributed by atoms with van der Waals surface area (Å²) in [6.45, 7) is 3.82. The lowest BCUT2D eigenvalue weighted by atomic mass is 10.1. The zero-order chi connectivity index (χ0) is 13.8. The lowest BCUT2D eigenvalue weighted by Gasteiger charge is -2.11. The third kappa shape index (κ3) is 3.03. The molecule has 0 amide bonds. The summed E-state index contributed by atoms with van der Waals surface area (Å²) in [5.41, 5.74) is 8.17. The fourth-order valence-corrected chi connectivity index (χ4v) is 2.76. The predicted molar refractivity (Wildman–Crippen MR) is 74.6 cm³/mol. The van der Waals surface area contributed by atoms with Crippen molar-refractivity contribution in [2.45, 2.75) is 23.9 Å². The predicted octanol–water partition coefficient (Wildman–Crippen LogP) is 2.34. The number of amidine groups is 1. The van der Waals surface area contributed by atoms with Gasteiger partial charge in [0, 0.05) is 11.9 Å². The normalized spacial score (nSPS) is 11.6. The number of aryl methyl sites for hydroxylation is 2. The number of aromatic nitrogens is 2. The molecule has 0 saturated heterocycles. The van der Waals surface area contributed by atoms with Gasteiger partial charge in [0.05, 0.1) is 5.56 Å². The number of hydrogen-bond donors (Lipinski definition) is 2. The molecule has 3 N–H and O–H groups in total. The van der Waals surface area contributed by atoms with Gasteiger partial charge in [0.1, 0.15) is 10.1 Å². The van der Waals surface area contributed by atoms with Crippen molar-refractivity contribution in [1.29, 1.82) is 0 Å². The summed E-state index contributed by atoms with van der Waals surface area (Å²) >= 11 is 1.39. The molecule has 0 aliphatic rings. The number of hydrogen-bond acceptors (Lipinski definition) is 5. The summed E-state index contributed by atoms with van der Waals surface area (Å²) in [4.78, 5) is 8.69. The Labute approximate surface area is 115 Å². The monoisotopic (exact) mass is 274 g/mol. The van der Waals surface area contributed by atoms with Gasteiger partial charge >= 0.3 is 0 Å². The molecule has 5 nitrogen and oxygen atoms in total. The van der Waals surface area contributed by atoms with E-state index in [1.807, 2.05) is 38.1 Å². The molecule has 2 aromatic heterocycles. The Kier molecular flexibility index (Phi) is 4.01. The number of rotatable bonds is 3. The molecule has 0 aromatic carbocycles. The van der Waals surface area contributed by atoms with E-state index in [0.717, 1.165) is 16.3 Å². The molecule has 0 bridgehead atoms. The summed E-state index contributed by atoms with van der Waals surface area (Å²) in [6, 6.07) is 7.54. The molecule has 0 atom stereocenters. The molecule has 0 saturated carbocycles. The Bertz CT molecular complexity index is 614. The van der Waals surface area contributed by atoms with Crippen molar-refractivity contribution >= 4 is 17.6 Å². The van der Waals surface area contributed by atoms with Gasteiger partial charge in [0.25, 0.3) is 0 Å². The van der Waals surface area contributed by atoms with Gasteiger partial charge in [-0.05, 0) is 49.4 Å². The summed E-state index contributed by atoms with van der Waals surface area (Å²) in [7, 11) is 0. The van der Waals surface area contributed by atoms with Crippen LogP contribution in [0.15, 0.2) is 45.7 Å². The topological polar surface area (TPSA) is 84.4 Å². The first kappa shape index (κ1) is 13.4. The number of oxime groups is 1. The SMILES string of the molecule is Cc1cc(C)c(/C(N)=N/O)c(Sc2ccccn2)n1. The molecule has 0 spiro atoms. The standard InChI is InChI=1S/C13H14N4OS/c1-8-7-9(2)16-13(11(8)12(14)17-18)19-10-5-3-4-6-15-10/h3-7,18H,1-2H3,(H2,14,17). The molecule has 0 aliphatic heterocycles. The molecular weight excluding hydrogens is 260 g/mol. The first-order chi connectivity index (χ1) is 9.11. The Hall–Kier alpha value is -2.08. The van der Waals surface area contributed by atoms with Crippen molar-refractivity contribution in [3.63, 3.8) is 0 Å². The molecule has 6 heteroatoms. The average Bonchev–Trinajstić information content (AvgIpc) is 2.38. The van der Waals surface area contributed by atoms with E-state index in [-0.39, 0.29) is 5.84 Å². The number of nitrogens with zero attached hydrogens (tertiary/aromatic N) is 3. The Morgan fingerprint density at radius 1 is 1.37 bits per heavy atom. The third-order valence-electron chi connectivity index (χ3n) is 2.51. The molecule has 2 rings (SSSR count). The highest BCUT2D eigenvalue weighted by atomic mass is 32.2. The van der Waals surface area contributed by atoms with Gasteiger partial charge in [0.2, 0.25) is 0 Å². The lowest BCUT2D eigenvalue weighted by Crippen LogP contribution is -2.17. The van der Waals surface area contributed by atoms with Crippen molar-refractivity contribution in [2.75, 3.05) is 0 Å². The van der Waals surface area contributed by atoms with Crippen molar-refractivity contribution in [3.8, 4) is 0 Å². The maximum absolute atomic E-state index is 8.88. The van der Waals surface area contributed by atoms with Gasteiger partial charge in [-0.25, -0.2) is 9.97 Å². The highest BCUT2D eigenvalue weighted by Crippen LogP contribution is 2.29. The Morgan fingerprint density at radius 3 is 2.79 bits per heavy atom. The van der Waals surface area contributed by atoms with E-state index in [9.17, 15) is 0 Å². The van der Waals surface area contributed by atoms with Crippen LogP contribution in [-0.4, -0.2) is 21.0 Å². The van der Waals surface area contributed by atoms with Crippen molar-refractivity contribution in [2.24, 2.45) is 10.9 Å². The fourth-order valence-electron chi connectivity index (χ4n) is 1.74. The van der Waals surface area contributed by atoms with E-state index in [1.165, 1.54) is 11.8 Å². The van der Waals surface area contributed by atoms with E-state index in [2.05, 4.69) is 15.1 Å². The maximum Gasteiger partial charge on any atom is 0.173 e. The first-order valence-electron chi connectivity index (χ1n) is 5.67. The zero-order valence-electron chi connectivity index (χ0n) is 10.7. The third-order valence-corrected chi connectivity index (χ3v) is 3.45. The van der Waals surface area contributed by atoms with E-state index in [4.69, 9.17) is 10.9 Å². The summed E-state index contributed by atoms with van der Waals surface area (Å²) in [5, 5.41) is 13.5. The highest BCUT2D eigenvalue weighted by Gasteiger charge is 2.14. The number of nitrogens with two attached hydrogens (primary N) is 1. The molecule has 0 radical (unpaired) electrons. The number of pyridine rings is 2. The first-order valence-corrected chi connectivity index (χ1v) is 6.48. The van der Waals surface area contributed by atoms with Crippen LogP contribution in [0.25, 0.3) is 0 Å². The van der Waals surface area contributed by atoms with E-state index < -0.39 is 0 Å². The zero-order valence-corrected chi connectivity index (χ0v) is 11.5. The second-order valence-electron chi connectivity index (χ2n) is 4.02. The molecular formula is C13H14N4OS. The molecule has 19 heavy (non-hydrogen) atoms. The second-order valence-corrected chi connectivity index (χ2v) is 5.03. The van der Waals surface area contributed by atoms with Crippen LogP contribution in [0.4, 0.5) is 0 Å². The van der Waals surface area contributed by atoms with E-state index in [0.29, 0.717) is 10.6 Å². The minimum absolute atomic E-state index is 0.0587. The van der Waals surface area contributed by atoms with Crippen molar-refractivity contribution in [3.05, 3.63) is 47.3 Å². The Morgan fingerprint density at radius 2 is 2.16 bits per heavy atom. The highest BCUT2D eigenvalue weighted by molar-refractivity contribution is 7.99. The fraction of sp³-hybridized carbons (Fsp3) is 0.154. The van der Waals surface area contributed by atoms with Crippen LogP contribution in [0.2, 0.25) is 0 Å². The van der Waals surface area contributed by atoms with E-state index >= 15 is 0 Å². The summed E-state index contributed by atoms with van der Waals surface area (Å²) in [5.74, 6) is 0.0587. The Balaban J connectivity index is 2.49.